The van der Waals surface area contributed by atoms with E-state index in [9.17, 15) is 0 Å². The van der Waals surface area contributed by atoms with Gasteiger partial charge in [-0.25, -0.2) is 0 Å². The third kappa shape index (κ3) is 2.28. The third-order valence-corrected chi connectivity index (χ3v) is 7.33. The fraction of sp³-hybridized carbons (Fsp3) is 0.538. The summed E-state index contributed by atoms with van der Waals surface area (Å²) in [6.45, 7) is 5.81. The second-order valence-electron chi connectivity index (χ2n) is 4.41. The first-order chi connectivity index (χ1) is 7.76. The van der Waals surface area contributed by atoms with Crippen LogP contribution in [-0.4, -0.2) is 15.3 Å². The van der Waals surface area contributed by atoms with Crippen molar-refractivity contribution in [3.63, 3.8) is 0 Å². The summed E-state index contributed by atoms with van der Waals surface area (Å²) in [5, 5.41) is 4.48. The minimum atomic E-state index is -0.203. The van der Waals surface area contributed by atoms with E-state index in [4.69, 9.17) is 11.6 Å². The third-order valence-electron chi connectivity index (χ3n) is 3.59. The van der Waals surface area contributed by atoms with Crippen molar-refractivity contribution in [1.29, 1.82) is 0 Å². The number of halogens is 1. The van der Waals surface area contributed by atoms with E-state index in [1.54, 1.807) is 0 Å². The summed E-state index contributed by atoms with van der Waals surface area (Å²) in [5.41, 5.74) is 3.43. The Balaban J connectivity index is 2.19. The standard InChI is InChI=1S/C13H19ClNSi/c1-3-16(4-2)10-8-11-12(14)6-5-7-13(11)15-9-10/h5-7,10,15H,3-4,8-9H2,1-2H3/t10-/m1/s1. The maximum Gasteiger partial charge on any atom is 0.0530 e. The molecule has 0 fully saturated rings. The zero-order chi connectivity index (χ0) is 11.5. The Morgan fingerprint density at radius 3 is 2.81 bits per heavy atom. The highest BCUT2D eigenvalue weighted by Gasteiger charge is 2.26. The summed E-state index contributed by atoms with van der Waals surface area (Å²) in [6.07, 6.45) is 1.18. The summed E-state index contributed by atoms with van der Waals surface area (Å²) in [5.74, 6) is 0. The topological polar surface area (TPSA) is 12.0 Å². The van der Waals surface area contributed by atoms with Crippen LogP contribution in [0.1, 0.15) is 19.4 Å². The van der Waals surface area contributed by atoms with Crippen LogP contribution in [0.25, 0.3) is 0 Å². The Labute approximate surface area is 105 Å². The highest BCUT2D eigenvalue weighted by Crippen LogP contribution is 2.35. The highest BCUT2D eigenvalue weighted by atomic mass is 35.5. The molecule has 16 heavy (non-hydrogen) atoms. The Morgan fingerprint density at radius 1 is 1.38 bits per heavy atom. The van der Waals surface area contributed by atoms with Crippen molar-refractivity contribution in [3.8, 4) is 0 Å². The number of benzene rings is 1. The maximum absolute atomic E-state index is 6.27. The first kappa shape index (κ1) is 12.0. The van der Waals surface area contributed by atoms with Crippen molar-refractivity contribution in [3.05, 3.63) is 28.8 Å². The second kappa shape index (κ2) is 5.24. The van der Waals surface area contributed by atoms with Crippen molar-refractivity contribution in [1.82, 2.24) is 0 Å². The van der Waals surface area contributed by atoms with Gasteiger partial charge in [-0.3, -0.25) is 0 Å². The van der Waals surface area contributed by atoms with Gasteiger partial charge in [0.2, 0.25) is 0 Å². The molecule has 2 rings (SSSR count). The van der Waals surface area contributed by atoms with Crippen LogP contribution in [-0.2, 0) is 6.42 Å². The van der Waals surface area contributed by atoms with Gasteiger partial charge >= 0.3 is 0 Å². The largest absolute Gasteiger partial charge is 0.385 e. The maximum atomic E-state index is 6.27. The number of anilines is 1. The molecule has 0 amide bonds. The van der Waals surface area contributed by atoms with Crippen molar-refractivity contribution in [2.75, 3.05) is 11.9 Å². The van der Waals surface area contributed by atoms with Gasteiger partial charge in [0.1, 0.15) is 0 Å². The zero-order valence-electron chi connectivity index (χ0n) is 10.0. The molecule has 1 aromatic rings. The molecule has 1 nitrogen and oxygen atoms in total. The molecule has 0 saturated carbocycles. The lowest BCUT2D eigenvalue weighted by Crippen LogP contribution is -2.30. The lowest BCUT2D eigenvalue weighted by atomic mass is 10.0. The van der Waals surface area contributed by atoms with E-state index in [1.807, 2.05) is 12.1 Å². The van der Waals surface area contributed by atoms with Crippen LogP contribution >= 0.6 is 11.6 Å². The summed E-state index contributed by atoms with van der Waals surface area (Å²) >= 11 is 6.27. The molecule has 1 atom stereocenters. The van der Waals surface area contributed by atoms with Crippen LogP contribution in [0, 0.1) is 0 Å². The molecule has 1 N–H and O–H groups in total. The average molecular weight is 253 g/mol. The van der Waals surface area contributed by atoms with Gasteiger partial charge in [-0.05, 0) is 29.7 Å². The minimum Gasteiger partial charge on any atom is -0.385 e. The van der Waals surface area contributed by atoms with E-state index in [1.165, 1.54) is 29.8 Å². The van der Waals surface area contributed by atoms with Gasteiger partial charge in [0.05, 0.1) is 8.80 Å². The van der Waals surface area contributed by atoms with Gasteiger partial charge in [0, 0.05) is 17.3 Å². The lowest BCUT2D eigenvalue weighted by Gasteiger charge is -2.31. The fourth-order valence-electron chi connectivity index (χ4n) is 2.60. The summed E-state index contributed by atoms with van der Waals surface area (Å²) < 4.78 is 0. The Morgan fingerprint density at radius 2 is 2.12 bits per heavy atom. The summed E-state index contributed by atoms with van der Waals surface area (Å²) in [4.78, 5) is 0. The van der Waals surface area contributed by atoms with E-state index in [-0.39, 0.29) is 8.80 Å². The molecule has 0 spiro atoms. The Hall–Kier alpha value is -0.473. The molecule has 0 unspecified atom stereocenters. The number of hydrogen-bond donors (Lipinski definition) is 1. The molecule has 1 aliphatic heterocycles. The van der Waals surface area contributed by atoms with Crippen LogP contribution in [0.3, 0.4) is 0 Å². The summed E-state index contributed by atoms with van der Waals surface area (Å²) in [6, 6.07) is 8.91. The smallest absolute Gasteiger partial charge is 0.0530 e. The molecule has 0 saturated heterocycles. The predicted molar refractivity (Wildman–Crippen MR) is 74.1 cm³/mol. The van der Waals surface area contributed by atoms with E-state index >= 15 is 0 Å². The molecule has 87 valence electrons. The van der Waals surface area contributed by atoms with E-state index < -0.39 is 0 Å². The second-order valence-corrected chi connectivity index (χ2v) is 8.37. The summed E-state index contributed by atoms with van der Waals surface area (Å²) in [7, 11) is -0.203. The van der Waals surface area contributed by atoms with E-state index in [2.05, 4.69) is 25.2 Å². The number of nitrogens with one attached hydrogen (secondary N) is 1. The Kier molecular flexibility index (Phi) is 3.93. The first-order valence-electron chi connectivity index (χ1n) is 6.12. The molecule has 0 aromatic heterocycles. The van der Waals surface area contributed by atoms with Crippen molar-refractivity contribution in [2.24, 2.45) is 0 Å². The molecule has 1 radical (unpaired) electrons. The van der Waals surface area contributed by atoms with Gasteiger partial charge in [-0.2, -0.15) is 0 Å². The molecular weight excluding hydrogens is 234 g/mol. The fourth-order valence-corrected chi connectivity index (χ4v) is 5.39. The predicted octanol–water partition coefficient (Wildman–Crippen LogP) is 4.21. The molecule has 3 heteroatoms. The Bertz CT molecular complexity index is 363. The minimum absolute atomic E-state index is 0.203. The molecule has 1 aromatic carbocycles. The first-order valence-corrected chi connectivity index (χ1v) is 8.49. The normalized spacial score (nSPS) is 19.4. The van der Waals surface area contributed by atoms with E-state index in [0.29, 0.717) is 0 Å². The van der Waals surface area contributed by atoms with Gasteiger partial charge < -0.3 is 5.32 Å². The van der Waals surface area contributed by atoms with Crippen LogP contribution in [0.2, 0.25) is 22.7 Å². The molecule has 0 bridgehead atoms. The van der Waals surface area contributed by atoms with E-state index in [0.717, 1.165) is 17.1 Å². The van der Waals surface area contributed by atoms with Crippen LogP contribution in [0.4, 0.5) is 5.69 Å². The zero-order valence-corrected chi connectivity index (χ0v) is 11.8. The quantitative estimate of drug-likeness (QED) is 0.795. The average Bonchev–Trinajstić information content (AvgIpc) is 2.32. The molecule has 1 aliphatic rings. The highest BCUT2D eigenvalue weighted by molar-refractivity contribution is 6.60. The van der Waals surface area contributed by atoms with Gasteiger partial charge in [-0.1, -0.05) is 43.6 Å². The number of fused-ring (bicyclic) bond motifs is 1. The van der Waals surface area contributed by atoms with Crippen molar-refractivity contribution < 1.29 is 0 Å². The molecule has 0 aliphatic carbocycles. The van der Waals surface area contributed by atoms with Crippen molar-refractivity contribution in [2.45, 2.75) is 37.9 Å². The van der Waals surface area contributed by atoms with Crippen LogP contribution in [0.5, 0.6) is 0 Å². The number of hydrogen-bond acceptors (Lipinski definition) is 1. The van der Waals surface area contributed by atoms with Crippen LogP contribution in [0.15, 0.2) is 18.2 Å². The number of rotatable bonds is 3. The van der Waals surface area contributed by atoms with Crippen molar-refractivity contribution >= 4 is 26.1 Å². The molecular formula is C13H19ClNSi. The molecule has 1 heterocycles. The monoisotopic (exact) mass is 252 g/mol. The van der Waals surface area contributed by atoms with Gasteiger partial charge in [0.25, 0.3) is 0 Å². The van der Waals surface area contributed by atoms with Crippen LogP contribution < -0.4 is 5.32 Å². The van der Waals surface area contributed by atoms with Gasteiger partial charge in [-0.15, -0.1) is 0 Å². The van der Waals surface area contributed by atoms with Gasteiger partial charge in [0.15, 0.2) is 0 Å². The lowest BCUT2D eigenvalue weighted by molar-refractivity contribution is 0.796. The SMILES string of the molecule is CC[Si](CC)[C@H]1CNc2cccc(Cl)c2C1.